The van der Waals surface area contributed by atoms with Crippen LogP contribution in [0.5, 0.6) is 0 Å². The van der Waals surface area contributed by atoms with Gasteiger partial charge in [0.2, 0.25) is 11.8 Å². The Hall–Kier alpha value is -2.66. The number of ether oxygens (including phenoxy) is 1. The number of hydrogen-bond acceptors (Lipinski definition) is 3. The SMILES string of the molecule is C[C@H](CCc1ccccc1)NC(=O)COCC(=O)Nc1ccccc1. The number of carbonyl (C=O) groups excluding carboxylic acids is 2. The van der Waals surface area contributed by atoms with Gasteiger partial charge in [-0.25, -0.2) is 0 Å². The van der Waals surface area contributed by atoms with E-state index in [9.17, 15) is 9.59 Å². The molecule has 132 valence electrons. The fourth-order valence-corrected chi connectivity index (χ4v) is 2.37. The number of amides is 2. The lowest BCUT2D eigenvalue weighted by Gasteiger charge is -2.14. The van der Waals surface area contributed by atoms with Crippen molar-refractivity contribution in [2.45, 2.75) is 25.8 Å². The Kier molecular flexibility index (Phi) is 7.66. The van der Waals surface area contributed by atoms with Crippen LogP contribution in [0.2, 0.25) is 0 Å². The largest absolute Gasteiger partial charge is 0.362 e. The van der Waals surface area contributed by atoms with Crippen LogP contribution in [0, 0.1) is 0 Å². The normalized spacial score (nSPS) is 11.6. The summed E-state index contributed by atoms with van der Waals surface area (Å²) in [5, 5.41) is 5.58. The molecule has 0 unspecified atom stereocenters. The molecular weight excluding hydrogens is 316 g/mol. The molecule has 0 aliphatic heterocycles. The van der Waals surface area contributed by atoms with Gasteiger partial charge in [0.15, 0.2) is 0 Å². The lowest BCUT2D eigenvalue weighted by Crippen LogP contribution is -2.36. The van der Waals surface area contributed by atoms with Crippen molar-refractivity contribution in [1.29, 1.82) is 0 Å². The molecule has 0 saturated heterocycles. The molecule has 25 heavy (non-hydrogen) atoms. The molecule has 2 aromatic carbocycles. The highest BCUT2D eigenvalue weighted by Gasteiger charge is 2.09. The van der Waals surface area contributed by atoms with E-state index in [1.165, 1.54) is 5.56 Å². The van der Waals surface area contributed by atoms with Crippen LogP contribution in [0.1, 0.15) is 18.9 Å². The molecule has 2 rings (SSSR count). The number of aryl methyl sites for hydroxylation is 1. The minimum Gasteiger partial charge on any atom is -0.362 e. The van der Waals surface area contributed by atoms with Crippen molar-refractivity contribution in [2.24, 2.45) is 0 Å². The van der Waals surface area contributed by atoms with E-state index >= 15 is 0 Å². The first-order chi connectivity index (χ1) is 12.1. The number of para-hydroxylation sites is 1. The summed E-state index contributed by atoms with van der Waals surface area (Å²) >= 11 is 0. The van der Waals surface area contributed by atoms with E-state index in [1.54, 1.807) is 12.1 Å². The van der Waals surface area contributed by atoms with E-state index in [0.29, 0.717) is 5.69 Å². The fourth-order valence-electron chi connectivity index (χ4n) is 2.37. The predicted octanol–water partition coefficient (Wildman–Crippen LogP) is 2.78. The van der Waals surface area contributed by atoms with E-state index in [0.717, 1.165) is 12.8 Å². The highest BCUT2D eigenvalue weighted by molar-refractivity contribution is 5.91. The minimum atomic E-state index is -0.281. The van der Waals surface area contributed by atoms with Gasteiger partial charge in [-0.3, -0.25) is 9.59 Å². The summed E-state index contributed by atoms with van der Waals surface area (Å²) in [6.07, 6.45) is 1.76. The van der Waals surface area contributed by atoms with Crippen LogP contribution >= 0.6 is 0 Å². The maximum absolute atomic E-state index is 11.8. The summed E-state index contributed by atoms with van der Waals surface area (Å²) in [6.45, 7) is 1.68. The molecule has 0 fully saturated rings. The molecule has 2 N–H and O–H groups in total. The zero-order valence-corrected chi connectivity index (χ0v) is 14.4. The van der Waals surface area contributed by atoms with Crippen molar-refractivity contribution in [3.63, 3.8) is 0 Å². The average molecular weight is 340 g/mol. The summed E-state index contributed by atoms with van der Waals surface area (Å²) in [5.74, 6) is -0.496. The quantitative estimate of drug-likeness (QED) is 0.737. The van der Waals surface area contributed by atoms with Crippen molar-refractivity contribution in [2.75, 3.05) is 18.5 Å². The highest BCUT2D eigenvalue weighted by Crippen LogP contribution is 2.05. The monoisotopic (exact) mass is 340 g/mol. The lowest BCUT2D eigenvalue weighted by molar-refractivity contribution is -0.129. The molecule has 5 heteroatoms. The third kappa shape index (κ3) is 7.63. The van der Waals surface area contributed by atoms with Crippen LogP contribution in [0.25, 0.3) is 0 Å². The Labute approximate surface area is 148 Å². The van der Waals surface area contributed by atoms with Crippen molar-refractivity contribution >= 4 is 17.5 Å². The van der Waals surface area contributed by atoms with Gasteiger partial charge in [-0.2, -0.15) is 0 Å². The minimum absolute atomic E-state index is 0.0504. The van der Waals surface area contributed by atoms with Crippen LogP contribution in [-0.4, -0.2) is 31.1 Å². The number of nitrogens with one attached hydrogen (secondary N) is 2. The molecule has 0 radical (unpaired) electrons. The maximum Gasteiger partial charge on any atom is 0.250 e. The first-order valence-corrected chi connectivity index (χ1v) is 8.39. The lowest BCUT2D eigenvalue weighted by atomic mass is 10.1. The third-order valence-electron chi connectivity index (χ3n) is 3.64. The van der Waals surface area contributed by atoms with Crippen LogP contribution in [0.4, 0.5) is 5.69 Å². The van der Waals surface area contributed by atoms with E-state index in [-0.39, 0.29) is 31.1 Å². The van der Waals surface area contributed by atoms with Crippen LogP contribution in [0.15, 0.2) is 60.7 Å². The van der Waals surface area contributed by atoms with Crippen LogP contribution < -0.4 is 10.6 Å². The van der Waals surface area contributed by atoms with Crippen molar-refractivity contribution in [3.05, 3.63) is 66.2 Å². The number of carbonyl (C=O) groups is 2. The molecule has 2 aromatic rings. The standard InChI is InChI=1S/C20H24N2O3/c1-16(12-13-17-8-4-2-5-9-17)21-19(23)14-25-15-20(24)22-18-10-6-3-7-11-18/h2-11,16H,12-15H2,1H3,(H,21,23)(H,22,24)/t16-/m1/s1. The summed E-state index contributed by atoms with van der Waals surface area (Å²) in [6, 6.07) is 19.3. The van der Waals surface area contributed by atoms with Gasteiger partial charge in [0.25, 0.3) is 0 Å². The summed E-state index contributed by atoms with van der Waals surface area (Å²) in [5.41, 5.74) is 1.95. The molecule has 0 heterocycles. The maximum atomic E-state index is 11.8. The van der Waals surface area contributed by atoms with Gasteiger partial charge < -0.3 is 15.4 Å². The Morgan fingerprint density at radius 2 is 1.52 bits per heavy atom. The van der Waals surface area contributed by atoms with Crippen molar-refractivity contribution < 1.29 is 14.3 Å². The molecule has 0 aliphatic rings. The second-order valence-corrected chi connectivity index (χ2v) is 5.90. The number of rotatable bonds is 9. The molecule has 0 saturated carbocycles. The molecular formula is C20H24N2O3. The van der Waals surface area contributed by atoms with Crippen molar-refractivity contribution in [3.8, 4) is 0 Å². The first-order valence-electron chi connectivity index (χ1n) is 8.39. The topological polar surface area (TPSA) is 67.4 Å². The third-order valence-corrected chi connectivity index (χ3v) is 3.64. The first kappa shape index (κ1) is 18.7. The molecule has 0 bridgehead atoms. The van der Waals surface area contributed by atoms with Gasteiger partial charge in [-0.1, -0.05) is 48.5 Å². The van der Waals surface area contributed by atoms with Gasteiger partial charge >= 0.3 is 0 Å². The Morgan fingerprint density at radius 1 is 0.920 bits per heavy atom. The second-order valence-electron chi connectivity index (χ2n) is 5.90. The van der Waals surface area contributed by atoms with Gasteiger partial charge in [-0.05, 0) is 37.5 Å². The molecule has 1 atom stereocenters. The van der Waals surface area contributed by atoms with Gasteiger partial charge in [-0.15, -0.1) is 0 Å². The molecule has 0 aromatic heterocycles. The summed E-state index contributed by atoms with van der Waals surface area (Å²) in [7, 11) is 0. The van der Waals surface area contributed by atoms with Gasteiger partial charge in [0.1, 0.15) is 13.2 Å². The molecule has 2 amide bonds. The van der Waals surface area contributed by atoms with Crippen molar-refractivity contribution in [1.82, 2.24) is 5.32 Å². The van der Waals surface area contributed by atoms with E-state index in [4.69, 9.17) is 4.74 Å². The number of anilines is 1. The van der Waals surface area contributed by atoms with E-state index < -0.39 is 0 Å². The van der Waals surface area contributed by atoms with E-state index in [2.05, 4.69) is 22.8 Å². The second kappa shape index (κ2) is 10.3. The summed E-state index contributed by atoms with van der Waals surface area (Å²) in [4.78, 5) is 23.5. The fraction of sp³-hybridized carbons (Fsp3) is 0.300. The molecule has 5 nitrogen and oxygen atoms in total. The number of hydrogen-bond donors (Lipinski definition) is 2. The molecule has 0 aliphatic carbocycles. The van der Waals surface area contributed by atoms with Crippen LogP contribution in [-0.2, 0) is 20.7 Å². The smallest absolute Gasteiger partial charge is 0.250 e. The van der Waals surface area contributed by atoms with Gasteiger partial charge in [0.05, 0.1) is 0 Å². The Bertz CT molecular complexity index is 659. The zero-order valence-electron chi connectivity index (χ0n) is 14.4. The highest BCUT2D eigenvalue weighted by atomic mass is 16.5. The Balaban J connectivity index is 1.59. The molecule has 0 spiro atoms. The van der Waals surface area contributed by atoms with Gasteiger partial charge in [0, 0.05) is 11.7 Å². The Morgan fingerprint density at radius 3 is 2.20 bits per heavy atom. The van der Waals surface area contributed by atoms with E-state index in [1.807, 2.05) is 43.3 Å². The average Bonchev–Trinajstić information content (AvgIpc) is 2.61. The van der Waals surface area contributed by atoms with Crippen LogP contribution in [0.3, 0.4) is 0 Å². The summed E-state index contributed by atoms with van der Waals surface area (Å²) < 4.78 is 5.17. The predicted molar refractivity (Wildman–Crippen MR) is 98.3 cm³/mol. The zero-order chi connectivity index (χ0) is 17.9. The number of benzene rings is 2.